The van der Waals surface area contributed by atoms with Crippen molar-refractivity contribution >= 4 is 20.4 Å². The van der Waals surface area contributed by atoms with Crippen molar-refractivity contribution in [1.82, 2.24) is 0 Å². The number of rotatable bonds is 6. The van der Waals surface area contributed by atoms with Gasteiger partial charge in [-0.3, -0.25) is 0 Å². The van der Waals surface area contributed by atoms with Crippen LogP contribution in [0.15, 0.2) is 66.4 Å². The van der Waals surface area contributed by atoms with Gasteiger partial charge in [-0.25, -0.2) is 4.79 Å². The molecule has 0 aliphatic heterocycles. The van der Waals surface area contributed by atoms with Crippen LogP contribution in [0, 0.1) is 0 Å². The molecule has 0 fully saturated rings. The molecule has 0 aliphatic carbocycles. The first-order valence-electron chi connectivity index (χ1n) is 7.72. The van der Waals surface area contributed by atoms with Crippen LogP contribution in [0.5, 0.6) is 0 Å². The Morgan fingerprint density at radius 1 is 0.955 bits per heavy atom. The highest BCUT2D eigenvalue weighted by atomic mass is 28.4. The molecular formula is C19H22O2Si. The molecule has 2 aromatic rings. The van der Waals surface area contributed by atoms with Gasteiger partial charge in [0.2, 0.25) is 0 Å². The lowest BCUT2D eigenvalue weighted by Gasteiger charge is -2.25. The first-order chi connectivity index (χ1) is 10.7. The van der Waals surface area contributed by atoms with Crippen LogP contribution in [-0.4, -0.2) is 14.3 Å². The second kappa shape index (κ2) is 7.76. The van der Waals surface area contributed by atoms with Crippen LogP contribution in [0.3, 0.4) is 0 Å². The fraction of sp³-hybridized carbons (Fsp3) is 0.211. The van der Waals surface area contributed by atoms with Gasteiger partial charge in [0.1, 0.15) is 0 Å². The average Bonchev–Trinajstić information content (AvgIpc) is 2.60. The summed E-state index contributed by atoms with van der Waals surface area (Å²) in [6.45, 7) is 4.20. The Morgan fingerprint density at radius 2 is 1.50 bits per heavy atom. The molecular weight excluding hydrogens is 288 g/mol. The molecule has 0 aromatic heterocycles. The van der Waals surface area contributed by atoms with E-state index in [0.29, 0.717) is 5.56 Å². The molecule has 0 saturated carbocycles. The smallest absolute Gasteiger partial charge is 0.325 e. The van der Waals surface area contributed by atoms with E-state index < -0.39 is 8.32 Å². The molecule has 2 aromatic carbocycles. The highest BCUT2D eigenvalue weighted by molar-refractivity contribution is 6.80. The van der Waals surface area contributed by atoms with E-state index >= 15 is 0 Å². The van der Waals surface area contributed by atoms with Gasteiger partial charge in [0.05, 0.1) is 5.56 Å². The van der Waals surface area contributed by atoms with E-state index in [2.05, 4.69) is 37.8 Å². The summed E-state index contributed by atoms with van der Waals surface area (Å²) in [4.78, 5) is 12.4. The maximum Gasteiger partial charge on any atom is 0.325 e. The first-order valence-corrected chi connectivity index (χ1v) is 10.1. The molecule has 2 nitrogen and oxygen atoms in total. The molecule has 0 spiro atoms. The quantitative estimate of drug-likeness (QED) is 0.695. The molecule has 2 rings (SSSR count). The van der Waals surface area contributed by atoms with Gasteiger partial charge < -0.3 is 4.43 Å². The predicted molar refractivity (Wildman–Crippen MR) is 94.0 cm³/mol. The predicted octanol–water partition coefficient (Wildman–Crippen LogP) is 5.08. The number of carbonyl (C=O) groups is 1. The average molecular weight is 310 g/mol. The van der Waals surface area contributed by atoms with Crippen molar-refractivity contribution in [3.05, 3.63) is 77.5 Å². The fourth-order valence-electron chi connectivity index (χ4n) is 2.29. The highest BCUT2D eigenvalue weighted by Gasteiger charge is 2.32. The Bertz CT molecular complexity index is 616. The zero-order valence-corrected chi connectivity index (χ0v) is 14.2. The molecule has 22 heavy (non-hydrogen) atoms. The van der Waals surface area contributed by atoms with E-state index in [9.17, 15) is 4.79 Å². The molecule has 114 valence electrons. The molecule has 0 bridgehead atoms. The van der Waals surface area contributed by atoms with Crippen LogP contribution in [0.2, 0.25) is 12.1 Å². The summed E-state index contributed by atoms with van der Waals surface area (Å²) in [5.41, 5.74) is 3.90. The Kier molecular flexibility index (Phi) is 5.73. The molecule has 0 atom stereocenters. The van der Waals surface area contributed by atoms with Crippen molar-refractivity contribution < 1.29 is 9.22 Å². The summed E-state index contributed by atoms with van der Waals surface area (Å²) in [6, 6.07) is 21.1. The van der Waals surface area contributed by atoms with E-state index in [0.717, 1.165) is 17.7 Å². The third kappa shape index (κ3) is 4.18. The zero-order valence-electron chi connectivity index (χ0n) is 13.2. The summed E-state index contributed by atoms with van der Waals surface area (Å²) >= 11 is 0. The first kappa shape index (κ1) is 16.2. The third-order valence-corrected chi connectivity index (χ3v) is 7.64. The maximum absolute atomic E-state index is 12.4. The van der Waals surface area contributed by atoms with E-state index in [1.807, 2.05) is 36.4 Å². The fourth-order valence-corrected chi connectivity index (χ4v) is 4.61. The van der Waals surface area contributed by atoms with E-state index in [1.165, 1.54) is 0 Å². The topological polar surface area (TPSA) is 26.3 Å². The van der Waals surface area contributed by atoms with Crippen LogP contribution in [0.25, 0.3) is 6.08 Å². The van der Waals surface area contributed by atoms with Crippen molar-refractivity contribution in [3.63, 3.8) is 0 Å². The second-order valence-corrected chi connectivity index (χ2v) is 9.35. The van der Waals surface area contributed by atoms with Crippen LogP contribution < -0.4 is 0 Å². The molecule has 0 radical (unpaired) electrons. The number of hydrogen-bond donors (Lipinski definition) is 0. The normalized spacial score (nSPS) is 11.5. The Morgan fingerprint density at radius 3 is 2.05 bits per heavy atom. The number of hydrogen-bond acceptors (Lipinski definition) is 2. The SMILES string of the molecule is CC[Si](/C=C/c1ccccc1)(CC)OC(=O)c1ccccc1. The Balaban J connectivity index is 2.18. The van der Waals surface area contributed by atoms with Crippen LogP contribution >= 0.6 is 0 Å². The minimum Gasteiger partial charge on any atom is -0.512 e. The van der Waals surface area contributed by atoms with E-state index in [1.54, 1.807) is 12.1 Å². The van der Waals surface area contributed by atoms with Crippen LogP contribution in [0.4, 0.5) is 0 Å². The molecule has 0 aliphatic rings. The summed E-state index contributed by atoms with van der Waals surface area (Å²) in [5, 5.41) is 0. The van der Waals surface area contributed by atoms with Crippen molar-refractivity contribution in [3.8, 4) is 0 Å². The number of carbonyl (C=O) groups excluding carboxylic acids is 1. The van der Waals surface area contributed by atoms with Crippen LogP contribution in [-0.2, 0) is 4.43 Å². The molecule has 0 N–H and O–H groups in total. The van der Waals surface area contributed by atoms with E-state index in [-0.39, 0.29) is 5.97 Å². The lowest BCUT2D eigenvalue weighted by Crippen LogP contribution is -2.37. The van der Waals surface area contributed by atoms with Crippen LogP contribution in [0.1, 0.15) is 29.8 Å². The molecule has 0 saturated heterocycles. The lowest BCUT2D eigenvalue weighted by molar-refractivity contribution is 0.0722. The van der Waals surface area contributed by atoms with Gasteiger partial charge in [0.15, 0.2) is 0 Å². The van der Waals surface area contributed by atoms with Crippen molar-refractivity contribution in [1.29, 1.82) is 0 Å². The standard InChI is InChI=1S/C19H22O2Si/c1-3-22(4-2,16-15-17-11-7-5-8-12-17)21-19(20)18-13-9-6-10-14-18/h5-16H,3-4H2,1-2H3/b16-15+. The molecule has 0 unspecified atom stereocenters. The third-order valence-electron chi connectivity index (χ3n) is 3.88. The summed E-state index contributed by atoms with van der Waals surface area (Å²) in [7, 11) is -2.20. The van der Waals surface area contributed by atoms with Gasteiger partial charge in [-0.15, -0.1) is 0 Å². The van der Waals surface area contributed by atoms with Gasteiger partial charge in [-0.1, -0.05) is 74.2 Å². The second-order valence-electron chi connectivity index (χ2n) is 5.27. The van der Waals surface area contributed by atoms with Crippen molar-refractivity contribution in [2.75, 3.05) is 0 Å². The summed E-state index contributed by atoms with van der Waals surface area (Å²) in [6.07, 6.45) is 2.08. The number of benzene rings is 2. The van der Waals surface area contributed by atoms with Gasteiger partial charge in [0.25, 0.3) is 8.32 Å². The summed E-state index contributed by atoms with van der Waals surface area (Å²) in [5.74, 6) is -0.214. The lowest BCUT2D eigenvalue weighted by atomic mass is 10.2. The van der Waals surface area contributed by atoms with Gasteiger partial charge in [0, 0.05) is 0 Å². The summed E-state index contributed by atoms with van der Waals surface area (Å²) < 4.78 is 5.96. The van der Waals surface area contributed by atoms with E-state index in [4.69, 9.17) is 4.43 Å². The largest absolute Gasteiger partial charge is 0.512 e. The maximum atomic E-state index is 12.4. The van der Waals surface area contributed by atoms with Gasteiger partial charge in [-0.05, 0) is 29.8 Å². The molecule has 0 heterocycles. The van der Waals surface area contributed by atoms with Crippen molar-refractivity contribution in [2.45, 2.75) is 25.9 Å². The van der Waals surface area contributed by atoms with Gasteiger partial charge in [-0.2, -0.15) is 0 Å². The monoisotopic (exact) mass is 310 g/mol. The zero-order chi connectivity index (χ0) is 15.8. The Labute approximate surface area is 133 Å². The van der Waals surface area contributed by atoms with Gasteiger partial charge >= 0.3 is 5.97 Å². The molecule has 3 heteroatoms. The highest BCUT2D eigenvalue weighted by Crippen LogP contribution is 2.22. The minimum atomic E-state index is -2.20. The Hall–Kier alpha value is -2.13. The molecule has 0 amide bonds. The minimum absolute atomic E-state index is 0.214. The van der Waals surface area contributed by atoms with Crippen molar-refractivity contribution in [2.24, 2.45) is 0 Å².